The van der Waals surface area contributed by atoms with Gasteiger partial charge in [-0.2, -0.15) is 16.8 Å². The van der Waals surface area contributed by atoms with Crippen molar-refractivity contribution in [2.45, 2.75) is 11.4 Å². The number of benzene rings is 2. The number of rotatable bonds is 5. The summed E-state index contributed by atoms with van der Waals surface area (Å²) in [6, 6.07) is 11.5. The summed E-state index contributed by atoms with van der Waals surface area (Å²) in [7, 11) is 0. The van der Waals surface area contributed by atoms with Crippen LogP contribution in [0, 0.1) is 0 Å². The minimum atomic E-state index is -0.229. The maximum Gasteiger partial charge on any atom is 0.279 e. The van der Waals surface area contributed by atoms with Crippen molar-refractivity contribution in [3.63, 3.8) is 0 Å². The first-order chi connectivity index (χ1) is 13.2. The number of carbonyl (C=O) groups excluding carboxylic acids is 1. The highest BCUT2D eigenvalue weighted by atomic mass is 32.2. The average molecular weight is 419 g/mol. The lowest BCUT2D eigenvalue weighted by Crippen LogP contribution is -2.18. The second-order valence-electron chi connectivity index (χ2n) is 5.85. The molecule has 3 aromatic rings. The van der Waals surface area contributed by atoms with Gasteiger partial charge in [-0.1, -0.05) is 11.3 Å². The molecule has 8 heteroatoms. The monoisotopic (exact) mass is 418 g/mol. The third kappa shape index (κ3) is 3.74. The first-order valence-electron chi connectivity index (χ1n) is 8.34. The summed E-state index contributed by atoms with van der Waals surface area (Å²) in [6.45, 7) is 1.03. The first kappa shape index (κ1) is 18.5. The highest BCUT2D eigenvalue weighted by molar-refractivity contribution is 7.98. The Balaban J connectivity index is 1.78. The molecule has 0 saturated heterocycles. The molecule has 0 radical (unpaired) electrons. The molecule has 1 aliphatic heterocycles. The molecule has 140 valence electrons. The molecule has 0 bridgehead atoms. The third-order valence-electron chi connectivity index (χ3n) is 4.23. The van der Waals surface area contributed by atoms with Gasteiger partial charge in [0.2, 0.25) is 6.79 Å². The van der Waals surface area contributed by atoms with E-state index in [4.69, 9.17) is 9.47 Å². The van der Waals surface area contributed by atoms with E-state index in [1.807, 2.05) is 42.7 Å². The van der Waals surface area contributed by atoms with Crippen LogP contribution in [-0.4, -0.2) is 35.5 Å². The summed E-state index contributed by atoms with van der Waals surface area (Å²) in [5, 5.41) is 0. The predicted octanol–water partition coefficient (Wildman–Crippen LogP) is 4.26. The van der Waals surface area contributed by atoms with Crippen LogP contribution in [0.25, 0.3) is 10.2 Å². The van der Waals surface area contributed by atoms with Gasteiger partial charge in [0, 0.05) is 34.9 Å². The molecule has 0 aliphatic carbocycles. The van der Waals surface area contributed by atoms with Gasteiger partial charge in [0.15, 0.2) is 16.3 Å². The van der Waals surface area contributed by atoms with Crippen molar-refractivity contribution in [3.8, 4) is 11.5 Å². The van der Waals surface area contributed by atoms with Crippen LogP contribution in [0.1, 0.15) is 10.4 Å². The molecule has 27 heavy (non-hydrogen) atoms. The van der Waals surface area contributed by atoms with E-state index in [2.05, 4.69) is 15.8 Å². The molecule has 0 N–H and O–H groups in total. The zero-order valence-electron chi connectivity index (χ0n) is 14.9. The fourth-order valence-electron chi connectivity index (χ4n) is 2.83. The van der Waals surface area contributed by atoms with Crippen molar-refractivity contribution in [1.82, 2.24) is 4.57 Å². The number of aromatic nitrogens is 1. The zero-order valence-corrected chi connectivity index (χ0v) is 17.4. The summed E-state index contributed by atoms with van der Waals surface area (Å²) in [4.78, 5) is 18.9. The van der Waals surface area contributed by atoms with Gasteiger partial charge < -0.3 is 14.0 Å². The van der Waals surface area contributed by atoms with E-state index in [9.17, 15) is 4.79 Å². The molecule has 0 spiro atoms. The topological polar surface area (TPSA) is 52.8 Å². The van der Waals surface area contributed by atoms with Crippen molar-refractivity contribution in [2.75, 3.05) is 25.1 Å². The van der Waals surface area contributed by atoms with Crippen LogP contribution in [-0.2, 0) is 6.54 Å². The normalized spacial score (nSPS) is 13.5. The van der Waals surface area contributed by atoms with Crippen molar-refractivity contribution < 1.29 is 14.3 Å². The van der Waals surface area contributed by atoms with Gasteiger partial charge in [0.05, 0.1) is 10.2 Å². The number of thioether (sulfide) groups is 2. The lowest BCUT2D eigenvalue weighted by atomic mass is 10.2. The lowest BCUT2D eigenvalue weighted by molar-refractivity contribution is 0.0998. The average Bonchev–Trinajstić information content (AvgIpc) is 3.28. The Bertz CT molecular complexity index is 1050. The number of fused-ring (bicyclic) bond motifs is 2. The van der Waals surface area contributed by atoms with E-state index >= 15 is 0 Å². The Labute approximate surface area is 169 Å². The van der Waals surface area contributed by atoms with Gasteiger partial charge in [-0.05, 0) is 36.8 Å². The maximum absolute atomic E-state index is 12.7. The van der Waals surface area contributed by atoms with E-state index in [1.54, 1.807) is 23.5 Å². The Morgan fingerprint density at radius 3 is 2.63 bits per heavy atom. The number of thiazole rings is 1. The Hall–Kier alpha value is -1.90. The van der Waals surface area contributed by atoms with Crippen LogP contribution in [0.2, 0.25) is 0 Å². The molecule has 4 rings (SSSR count). The van der Waals surface area contributed by atoms with Crippen LogP contribution >= 0.6 is 34.9 Å². The molecule has 0 fully saturated rings. The summed E-state index contributed by atoms with van der Waals surface area (Å²) >= 11 is 4.91. The minimum absolute atomic E-state index is 0.229. The van der Waals surface area contributed by atoms with Crippen LogP contribution in [0.4, 0.5) is 0 Å². The van der Waals surface area contributed by atoms with E-state index in [0.29, 0.717) is 10.4 Å². The third-order valence-corrected chi connectivity index (χ3v) is 6.61. The number of aryl methyl sites for hydroxylation is 1. The molecule has 1 amide bonds. The Morgan fingerprint density at radius 2 is 1.93 bits per heavy atom. The van der Waals surface area contributed by atoms with Crippen molar-refractivity contribution in [1.29, 1.82) is 0 Å². The van der Waals surface area contributed by atoms with Crippen molar-refractivity contribution in [2.24, 2.45) is 4.99 Å². The molecule has 2 heterocycles. The fraction of sp³-hybridized carbons (Fsp3) is 0.263. The van der Waals surface area contributed by atoms with Gasteiger partial charge in [0.1, 0.15) is 0 Å². The molecule has 0 atom stereocenters. The summed E-state index contributed by atoms with van der Waals surface area (Å²) < 4.78 is 14.1. The van der Waals surface area contributed by atoms with E-state index in [-0.39, 0.29) is 12.7 Å². The largest absolute Gasteiger partial charge is 0.454 e. The molecule has 1 aromatic heterocycles. The van der Waals surface area contributed by atoms with Crippen LogP contribution in [0.3, 0.4) is 0 Å². The highest BCUT2D eigenvalue weighted by Gasteiger charge is 2.18. The molecular formula is C19H18N2O3S3. The Morgan fingerprint density at radius 1 is 1.19 bits per heavy atom. The molecule has 5 nitrogen and oxygen atoms in total. The van der Waals surface area contributed by atoms with E-state index < -0.39 is 0 Å². The van der Waals surface area contributed by atoms with Gasteiger partial charge in [-0.25, -0.2) is 0 Å². The van der Waals surface area contributed by atoms with Crippen molar-refractivity contribution in [3.05, 3.63) is 46.8 Å². The van der Waals surface area contributed by atoms with Crippen molar-refractivity contribution >= 4 is 51.0 Å². The quantitative estimate of drug-likeness (QED) is 0.580. The molecule has 1 aliphatic rings. The van der Waals surface area contributed by atoms with Crippen LogP contribution in [0.5, 0.6) is 11.5 Å². The summed E-state index contributed by atoms with van der Waals surface area (Å²) in [5.74, 6) is 2.19. The van der Waals surface area contributed by atoms with Gasteiger partial charge in [-0.3, -0.25) is 4.79 Å². The van der Waals surface area contributed by atoms with Crippen LogP contribution in [0.15, 0.2) is 46.3 Å². The minimum Gasteiger partial charge on any atom is -0.454 e. The Kier molecular flexibility index (Phi) is 5.47. The number of ether oxygens (including phenoxy) is 2. The van der Waals surface area contributed by atoms with E-state index in [0.717, 1.165) is 38.9 Å². The highest BCUT2D eigenvalue weighted by Crippen LogP contribution is 2.37. The smallest absolute Gasteiger partial charge is 0.279 e. The second-order valence-corrected chi connectivity index (χ2v) is 8.72. The predicted molar refractivity (Wildman–Crippen MR) is 112 cm³/mol. The van der Waals surface area contributed by atoms with Gasteiger partial charge in [-0.15, -0.1) is 11.8 Å². The molecule has 0 unspecified atom stereocenters. The fourth-order valence-corrected chi connectivity index (χ4v) is 4.67. The first-order valence-corrected chi connectivity index (χ1v) is 11.8. The lowest BCUT2D eigenvalue weighted by Gasteiger charge is -2.04. The van der Waals surface area contributed by atoms with Crippen LogP contribution < -0.4 is 14.3 Å². The molecule has 0 saturated carbocycles. The molecular weight excluding hydrogens is 400 g/mol. The number of nitrogens with zero attached hydrogens (tertiary/aromatic N) is 2. The summed E-state index contributed by atoms with van der Waals surface area (Å²) in [6.07, 6.45) is 4.08. The van der Waals surface area contributed by atoms with Gasteiger partial charge in [0.25, 0.3) is 5.91 Å². The SMILES string of the molecule is CSCCn1c(=NC(=O)c2ccc(SC)cc2)sc2cc3c(cc21)OCO3. The standard InChI is InChI=1S/C19H18N2O3S3/c1-25-8-7-21-14-9-15-16(24-11-23-15)10-17(14)27-19(21)20-18(22)12-3-5-13(26-2)6-4-12/h3-6,9-10H,7-8,11H2,1-2H3. The number of hydrogen-bond donors (Lipinski definition) is 0. The number of carbonyl (C=O) groups is 1. The zero-order chi connectivity index (χ0) is 18.8. The van der Waals surface area contributed by atoms with E-state index in [1.165, 1.54) is 11.3 Å². The second kappa shape index (κ2) is 8.00. The summed E-state index contributed by atoms with van der Waals surface area (Å²) in [5.41, 5.74) is 1.61. The number of hydrogen-bond acceptors (Lipinski definition) is 6. The number of amides is 1. The maximum atomic E-state index is 12.7. The van der Waals surface area contributed by atoms with Gasteiger partial charge >= 0.3 is 0 Å². The molecule has 2 aromatic carbocycles.